The van der Waals surface area contributed by atoms with Crippen molar-refractivity contribution in [2.75, 3.05) is 32.8 Å². The number of hydrogen-bond donors (Lipinski definition) is 2. The first-order chi connectivity index (χ1) is 9.15. The fraction of sp³-hybridized carbons (Fsp3) is 0.500. The largest absolute Gasteiger partial charge is 0.486 e. The summed E-state index contributed by atoms with van der Waals surface area (Å²) in [5.41, 5.74) is 0. The summed E-state index contributed by atoms with van der Waals surface area (Å²) in [6.45, 7) is 4.48. The average molecular weight is 323 g/mol. The summed E-state index contributed by atoms with van der Waals surface area (Å²) in [6, 6.07) is 4.86. The zero-order valence-electron chi connectivity index (χ0n) is 11.2. The van der Waals surface area contributed by atoms with Crippen LogP contribution in [0.4, 0.5) is 0 Å². The Morgan fingerprint density at radius 1 is 1.20 bits per heavy atom. The summed E-state index contributed by atoms with van der Waals surface area (Å²) in [5.74, 6) is 0.769. The van der Waals surface area contributed by atoms with Crippen molar-refractivity contribution in [1.82, 2.24) is 10.0 Å². The number of likely N-dealkylation sites (N-methyl/N-ethyl adjacent to an activating group) is 1. The molecular weight excluding hydrogens is 304 g/mol. The first-order valence-corrected chi connectivity index (χ1v) is 7.72. The van der Waals surface area contributed by atoms with Gasteiger partial charge >= 0.3 is 0 Å². The minimum Gasteiger partial charge on any atom is -0.486 e. The topological polar surface area (TPSA) is 76.7 Å². The van der Waals surface area contributed by atoms with Gasteiger partial charge in [-0.2, -0.15) is 0 Å². The summed E-state index contributed by atoms with van der Waals surface area (Å²) in [7, 11) is -3.58. The van der Waals surface area contributed by atoms with Gasteiger partial charge in [0.1, 0.15) is 18.1 Å². The van der Waals surface area contributed by atoms with E-state index < -0.39 is 10.0 Å². The molecule has 1 aliphatic rings. The van der Waals surface area contributed by atoms with E-state index in [9.17, 15) is 8.42 Å². The monoisotopic (exact) mass is 322 g/mol. The second-order valence-corrected chi connectivity index (χ2v) is 5.77. The minimum absolute atomic E-state index is 0. The van der Waals surface area contributed by atoms with E-state index in [0.29, 0.717) is 37.8 Å². The lowest BCUT2D eigenvalue weighted by Gasteiger charge is -2.20. The maximum Gasteiger partial charge on any atom is 0.244 e. The van der Waals surface area contributed by atoms with E-state index in [1.165, 1.54) is 6.07 Å². The lowest BCUT2D eigenvalue weighted by atomic mass is 10.3. The number of sulfonamides is 1. The third-order valence-corrected chi connectivity index (χ3v) is 4.15. The first-order valence-electron chi connectivity index (χ1n) is 6.24. The lowest BCUT2D eigenvalue weighted by Crippen LogP contribution is -2.32. The highest BCUT2D eigenvalue weighted by Crippen LogP contribution is 2.36. The van der Waals surface area contributed by atoms with Crippen molar-refractivity contribution in [3.8, 4) is 11.5 Å². The second kappa shape index (κ2) is 7.68. The van der Waals surface area contributed by atoms with Crippen molar-refractivity contribution in [3.63, 3.8) is 0 Å². The van der Waals surface area contributed by atoms with E-state index in [4.69, 9.17) is 9.47 Å². The molecule has 0 saturated heterocycles. The fourth-order valence-electron chi connectivity index (χ4n) is 1.79. The third-order valence-electron chi connectivity index (χ3n) is 2.66. The number of hydrogen-bond acceptors (Lipinski definition) is 5. The van der Waals surface area contributed by atoms with Gasteiger partial charge in [-0.15, -0.1) is 12.4 Å². The molecule has 2 rings (SSSR count). The van der Waals surface area contributed by atoms with Crippen molar-refractivity contribution in [3.05, 3.63) is 18.2 Å². The molecular formula is C12H19ClN2O4S. The van der Waals surface area contributed by atoms with Crippen LogP contribution in [0.15, 0.2) is 23.1 Å². The van der Waals surface area contributed by atoms with Crippen LogP contribution in [0.2, 0.25) is 0 Å². The molecule has 1 heterocycles. The summed E-state index contributed by atoms with van der Waals surface area (Å²) < 4.78 is 37.7. The SMILES string of the molecule is CCNCCNS(=O)(=O)c1cccc2c1OCCO2.Cl. The van der Waals surface area contributed by atoms with E-state index in [0.717, 1.165) is 6.54 Å². The molecule has 0 aromatic heterocycles. The molecule has 6 nitrogen and oxygen atoms in total. The van der Waals surface area contributed by atoms with Gasteiger partial charge in [0.15, 0.2) is 11.5 Å². The van der Waals surface area contributed by atoms with E-state index in [1.807, 2.05) is 6.92 Å². The van der Waals surface area contributed by atoms with Gasteiger partial charge in [-0.1, -0.05) is 13.0 Å². The summed E-state index contributed by atoms with van der Waals surface area (Å²) in [5, 5.41) is 3.05. The van der Waals surface area contributed by atoms with Crippen molar-refractivity contribution < 1.29 is 17.9 Å². The van der Waals surface area contributed by atoms with Gasteiger partial charge in [-0.05, 0) is 18.7 Å². The molecule has 1 aromatic carbocycles. The van der Waals surface area contributed by atoms with E-state index >= 15 is 0 Å². The Bertz CT molecular complexity index is 536. The summed E-state index contributed by atoms with van der Waals surface area (Å²) in [6.07, 6.45) is 0. The molecule has 0 aliphatic carbocycles. The molecule has 0 fully saturated rings. The van der Waals surface area contributed by atoms with Crippen LogP contribution in [-0.2, 0) is 10.0 Å². The maximum atomic E-state index is 12.2. The highest BCUT2D eigenvalue weighted by atomic mass is 35.5. The summed E-state index contributed by atoms with van der Waals surface area (Å²) >= 11 is 0. The van der Waals surface area contributed by atoms with E-state index in [-0.39, 0.29) is 17.3 Å². The highest BCUT2D eigenvalue weighted by molar-refractivity contribution is 7.89. The van der Waals surface area contributed by atoms with Gasteiger partial charge in [-0.25, -0.2) is 13.1 Å². The molecule has 0 saturated carbocycles. The van der Waals surface area contributed by atoms with E-state index in [2.05, 4.69) is 10.0 Å². The zero-order chi connectivity index (χ0) is 13.7. The van der Waals surface area contributed by atoms with Crippen LogP contribution in [-0.4, -0.2) is 41.3 Å². The molecule has 20 heavy (non-hydrogen) atoms. The zero-order valence-corrected chi connectivity index (χ0v) is 12.9. The first kappa shape index (κ1) is 17.0. The van der Waals surface area contributed by atoms with Crippen LogP contribution >= 0.6 is 12.4 Å². The smallest absolute Gasteiger partial charge is 0.244 e. The van der Waals surface area contributed by atoms with Crippen molar-refractivity contribution in [2.24, 2.45) is 0 Å². The summed E-state index contributed by atoms with van der Waals surface area (Å²) in [4.78, 5) is 0.126. The molecule has 1 aromatic rings. The second-order valence-electron chi connectivity index (χ2n) is 4.03. The molecule has 2 N–H and O–H groups in total. The number of halogens is 1. The van der Waals surface area contributed by atoms with Crippen LogP contribution in [0.1, 0.15) is 6.92 Å². The van der Waals surface area contributed by atoms with Gasteiger partial charge in [0.2, 0.25) is 10.0 Å². The molecule has 0 unspecified atom stereocenters. The number of fused-ring (bicyclic) bond motifs is 1. The average Bonchev–Trinajstić information content (AvgIpc) is 2.43. The van der Waals surface area contributed by atoms with Crippen LogP contribution in [0.5, 0.6) is 11.5 Å². The highest BCUT2D eigenvalue weighted by Gasteiger charge is 2.24. The van der Waals surface area contributed by atoms with Gasteiger partial charge < -0.3 is 14.8 Å². The van der Waals surface area contributed by atoms with E-state index in [1.54, 1.807) is 12.1 Å². The number of ether oxygens (including phenoxy) is 2. The quantitative estimate of drug-likeness (QED) is 0.756. The standard InChI is InChI=1S/C12H18N2O4S.ClH/c1-2-13-6-7-14-19(15,16)11-5-3-4-10-12(11)18-9-8-17-10;/h3-5,13-14H,2,6-9H2,1H3;1H. The lowest BCUT2D eigenvalue weighted by molar-refractivity contribution is 0.167. The molecule has 0 bridgehead atoms. The number of rotatable bonds is 6. The fourth-order valence-corrected chi connectivity index (χ4v) is 2.97. The Hall–Kier alpha value is -1.02. The van der Waals surface area contributed by atoms with Gasteiger partial charge in [0.25, 0.3) is 0 Å². The normalized spacial score (nSPS) is 13.7. The van der Waals surface area contributed by atoms with Crippen LogP contribution < -0.4 is 19.5 Å². The molecule has 0 amide bonds. The molecule has 1 aliphatic heterocycles. The maximum absolute atomic E-state index is 12.2. The van der Waals surface area contributed by atoms with Crippen molar-refractivity contribution in [2.45, 2.75) is 11.8 Å². The van der Waals surface area contributed by atoms with Crippen LogP contribution in [0.3, 0.4) is 0 Å². The van der Waals surface area contributed by atoms with Gasteiger partial charge in [-0.3, -0.25) is 0 Å². The number of benzene rings is 1. The van der Waals surface area contributed by atoms with Gasteiger partial charge in [0, 0.05) is 13.1 Å². The predicted octanol–water partition coefficient (Wildman–Crippen LogP) is 0.767. The number of para-hydroxylation sites is 1. The Labute approximate surface area is 125 Å². The molecule has 0 spiro atoms. The van der Waals surface area contributed by atoms with Crippen LogP contribution in [0, 0.1) is 0 Å². The third kappa shape index (κ3) is 3.99. The Kier molecular flexibility index (Phi) is 6.54. The van der Waals surface area contributed by atoms with Gasteiger partial charge in [0.05, 0.1) is 0 Å². The van der Waals surface area contributed by atoms with Crippen molar-refractivity contribution in [1.29, 1.82) is 0 Å². The molecule has 0 radical (unpaired) electrons. The predicted molar refractivity (Wildman–Crippen MR) is 78.4 cm³/mol. The van der Waals surface area contributed by atoms with Crippen molar-refractivity contribution >= 4 is 22.4 Å². The number of nitrogens with one attached hydrogen (secondary N) is 2. The minimum atomic E-state index is -3.58. The Morgan fingerprint density at radius 3 is 2.70 bits per heavy atom. The van der Waals surface area contributed by atoms with Crippen LogP contribution in [0.25, 0.3) is 0 Å². The molecule has 8 heteroatoms. The Morgan fingerprint density at radius 2 is 1.95 bits per heavy atom. The molecule has 114 valence electrons. The molecule has 0 atom stereocenters. The Balaban J connectivity index is 0.00000200.